The predicted molar refractivity (Wildman–Crippen MR) is 74.2 cm³/mol. The van der Waals surface area contributed by atoms with Crippen molar-refractivity contribution in [3.63, 3.8) is 0 Å². The molecule has 0 aromatic heterocycles. The summed E-state index contributed by atoms with van der Waals surface area (Å²) in [6.45, 7) is 6.18. The van der Waals surface area contributed by atoms with Gasteiger partial charge in [-0.2, -0.15) is 13.2 Å². The molecule has 1 N–H and O–H groups in total. The zero-order chi connectivity index (χ0) is 15.8. The first-order valence-corrected chi connectivity index (χ1v) is 6.86. The molecule has 1 aromatic carbocycles. The van der Waals surface area contributed by atoms with E-state index in [1.807, 2.05) is 25.7 Å². The monoisotopic (exact) mass is 303 g/mol. The molecular weight excluding hydrogens is 283 g/mol. The molecule has 1 saturated heterocycles. The summed E-state index contributed by atoms with van der Waals surface area (Å²) in [5.41, 5.74) is -0.792. The third-order valence-corrected chi connectivity index (χ3v) is 3.50. The first-order valence-electron chi connectivity index (χ1n) is 6.86. The van der Waals surface area contributed by atoms with Crippen LogP contribution in [0.3, 0.4) is 0 Å². The molecular formula is C15H20F3NO2. The van der Waals surface area contributed by atoms with Crippen LogP contribution in [-0.4, -0.2) is 29.9 Å². The predicted octanol–water partition coefficient (Wildman–Crippen LogP) is 3.20. The average molecular weight is 303 g/mol. The van der Waals surface area contributed by atoms with E-state index >= 15 is 0 Å². The number of rotatable bonds is 2. The van der Waals surface area contributed by atoms with Gasteiger partial charge in [0.25, 0.3) is 0 Å². The molecule has 1 atom stereocenters. The Balaban J connectivity index is 2.36. The summed E-state index contributed by atoms with van der Waals surface area (Å²) in [6, 6.07) is 4.07. The maximum absolute atomic E-state index is 13.1. The van der Waals surface area contributed by atoms with Gasteiger partial charge in [0, 0.05) is 18.8 Å². The number of anilines is 1. The van der Waals surface area contributed by atoms with Crippen LogP contribution in [0.5, 0.6) is 0 Å². The van der Waals surface area contributed by atoms with E-state index in [-0.39, 0.29) is 11.7 Å². The number of halogens is 3. The molecule has 6 heteroatoms. The number of hydrogen-bond donors (Lipinski definition) is 1. The van der Waals surface area contributed by atoms with Gasteiger partial charge in [-0.15, -0.1) is 0 Å². The van der Waals surface area contributed by atoms with Crippen LogP contribution in [0.25, 0.3) is 0 Å². The Bertz CT molecular complexity index is 514. The number of aliphatic hydroxyl groups is 1. The van der Waals surface area contributed by atoms with E-state index in [1.54, 1.807) is 6.07 Å². The topological polar surface area (TPSA) is 32.7 Å². The van der Waals surface area contributed by atoms with Gasteiger partial charge < -0.3 is 14.7 Å². The number of benzene rings is 1. The third kappa shape index (κ3) is 3.68. The molecule has 3 nitrogen and oxygen atoms in total. The van der Waals surface area contributed by atoms with Gasteiger partial charge in [-0.25, -0.2) is 0 Å². The molecule has 1 aliphatic heterocycles. The molecule has 0 amide bonds. The maximum atomic E-state index is 13.1. The minimum Gasteiger partial charge on any atom is -0.392 e. The number of ether oxygens (including phenoxy) is 1. The van der Waals surface area contributed by atoms with Crippen molar-refractivity contribution in [3.05, 3.63) is 29.3 Å². The normalized spacial score (nSPS) is 22.4. The third-order valence-electron chi connectivity index (χ3n) is 3.50. The van der Waals surface area contributed by atoms with Crippen molar-refractivity contribution in [2.45, 2.75) is 45.3 Å². The lowest BCUT2D eigenvalue weighted by Gasteiger charge is -2.43. The summed E-state index contributed by atoms with van der Waals surface area (Å²) in [6.07, 6.45) is -4.53. The molecule has 2 rings (SSSR count). The maximum Gasteiger partial charge on any atom is 0.416 e. The van der Waals surface area contributed by atoms with Crippen molar-refractivity contribution < 1.29 is 23.0 Å². The van der Waals surface area contributed by atoms with Crippen LogP contribution in [0, 0.1) is 0 Å². The fourth-order valence-electron chi connectivity index (χ4n) is 2.81. The highest BCUT2D eigenvalue weighted by Gasteiger charge is 2.35. The van der Waals surface area contributed by atoms with E-state index in [0.717, 1.165) is 6.07 Å². The van der Waals surface area contributed by atoms with E-state index in [9.17, 15) is 13.2 Å². The summed E-state index contributed by atoms with van der Waals surface area (Å²) in [5.74, 6) is 0. The first-order chi connectivity index (χ1) is 9.62. The van der Waals surface area contributed by atoms with Crippen LogP contribution in [-0.2, 0) is 17.5 Å². The van der Waals surface area contributed by atoms with Crippen molar-refractivity contribution in [1.29, 1.82) is 0 Å². The molecule has 21 heavy (non-hydrogen) atoms. The van der Waals surface area contributed by atoms with Gasteiger partial charge in [0.2, 0.25) is 0 Å². The van der Waals surface area contributed by atoms with Gasteiger partial charge in [0.05, 0.1) is 23.9 Å². The number of nitrogens with zero attached hydrogens (tertiary/aromatic N) is 1. The van der Waals surface area contributed by atoms with E-state index < -0.39 is 23.9 Å². The lowest BCUT2D eigenvalue weighted by Crippen LogP contribution is -2.52. The summed E-state index contributed by atoms with van der Waals surface area (Å²) in [7, 11) is 0. The lowest BCUT2D eigenvalue weighted by molar-refractivity contribution is -0.138. The van der Waals surface area contributed by atoms with Gasteiger partial charge in [0.15, 0.2) is 0 Å². The zero-order valence-electron chi connectivity index (χ0n) is 12.4. The highest BCUT2D eigenvalue weighted by molar-refractivity contribution is 5.52. The number of aliphatic hydroxyl groups excluding tert-OH is 1. The number of hydrogen-bond acceptors (Lipinski definition) is 3. The average Bonchev–Trinajstić information content (AvgIpc) is 2.34. The van der Waals surface area contributed by atoms with Crippen LogP contribution >= 0.6 is 0 Å². The Morgan fingerprint density at radius 2 is 2.05 bits per heavy atom. The Labute approximate surface area is 122 Å². The van der Waals surface area contributed by atoms with Crippen LogP contribution in [0.1, 0.15) is 31.9 Å². The molecule has 0 bridgehead atoms. The molecule has 1 fully saturated rings. The quantitative estimate of drug-likeness (QED) is 0.910. The van der Waals surface area contributed by atoms with E-state index in [0.29, 0.717) is 18.8 Å². The molecule has 1 aliphatic rings. The Hall–Kier alpha value is -1.27. The van der Waals surface area contributed by atoms with E-state index in [4.69, 9.17) is 9.84 Å². The summed E-state index contributed by atoms with van der Waals surface area (Å²) in [4.78, 5) is 1.89. The number of alkyl halides is 3. The fourth-order valence-corrected chi connectivity index (χ4v) is 2.81. The van der Waals surface area contributed by atoms with Crippen LogP contribution < -0.4 is 4.90 Å². The Morgan fingerprint density at radius 1 is 1.38 bits per heavy atom. The minimum atomic E-state index is -4.47. The van der Waals surface area contributed by atoms with E-state index in [1.165, 1.54) is 6.07 Å². The summed E-state index contributed by atoms with van der Waals surface area (Å²) < 4.78 is 44.9. The molecule has 0 aliphatic carbocycles. The number of morpholine rings is 1. The molecule has 1 unspecified atom stereocenters. The van der Waals surface area contributed by atoms with Gasteiger partial charge in [-0.05, 0) is 38.5 Å². The fraction of sp³-hybridized carbons (Fsp3) is 0.600. The Kier molecular flexibility index (Phi) is 4.22. The molecule has 1 heterocycles. The van der Waals surface area contributed by atoms with Crippen molar-refractivity contribution in [1.82, 2.24) is 0 Å². The van der Waals surface area contributed by atoms with Gasteiger partial charge in [-0.3, -0.25) is 0 Å². The molecule has 0 radical (unpaired) electrons. The zero-order valence-corrected chi connectivity index (χ0v) is 12.4. The van der Waals surface area contributed by atoms with Crippen molar-refractivity contribution in [2.24, 2.45) is 0 Å². The van der Waals surface area contributed by atoms with E-state index in [2.05, 4.69) is 0 Å². The smallest absolute Gasteiger partial charge is 0.392 e. The second-order valence-corrected chi connectivity index (χ2v) is 6.07. The molecule has 118 valence electrons. The SMILES string of the molecule is CC1CN(c2ccc(CO)c(C(F)(F)F)c2)CC(C)(C)O1. The second-order valence-electron chi connectivity index (χ2n) is 6.07. The second kappa shape index (κ2) is 5.50. The molecule has 1 aromatic rings. The Morgan fingerprint density at radius 3 is 2.57 bits per heavy atom. The summed E-state index contributed by atoms with van der Waals surface area (Å²) >= 11 is 0. The highest BCUT2D eigenvalue weighted by Crippen LogP contribution is 2.36. The first kappa shape index (κ1) is 16.1. The minimum absolute atomic E-state index is 0.0550. The standard InChI is InChI=1S/C15H20F3NO2/c1-10-7-19(9-14(2,3)21-10)12-5-4-11(8-20)13(6-12)15(16,17)18/h4-6,10,20H,7-9H2,1-3H3. The van der Waals surface area contributed by atoms with Crippen molar-refractivity contribution in [3.8, 4) is 0 Å². The summed E-state index contributed by atoms with van der Waals surface area (Å²) in [5, 5.41) is 9.07. The van der Waals surface area contributed by atoms with Crippen molar-refractivity contribution >= 4 is 5.69 Å². The highest BCUT2D eigenvalue weighted by atomic mass is 19.4. The van der Waals surface area contributed by atoms with Crippen molar-refractivity contribution in [2.75, 3.05) is 18.0 Å². The van der Waals surface area contributed by atoms with Gasteiger partial charge >= 0.3 is 6.18 Å². The lowest BCUT2D eigenvalue weighted by atomic mass is 10.0. The largest absolute Gasteiger partial charge is 0.416 e. The van der Waals surface area contributed by atoms with Gasteiger partial charge in [0.1, 0.15) is 0 Å². The van der Waals surface area contributed by atoms with Crippen LogP contribution in [0.15, 0.2) is 18.2 Å². The molecule has 0 saturated carbocycles. The van der Waals surface area contributed by atoms with Gasteiger partial charge in [-0.1, -0.05) is 6.07 Å². The van der Waals surface area contributed by atoms with Crippen LogP contribution in [0.2, 0.25) is 0 Å². The van der Waals surface area contributed by atoms with Crippen LogP contribution in [0.4, 0.5) is 18.9 Å². The molecule has 0 spiro atoms.